The fraction of sp³-hybridized carbons (Fsp3) is 0.500. The van der Waals surface area contributed by atoms with Gasteiger partial charge in [-0.3, -0.25) is 14.2 Å². The van der Waals surface area contributed by atoms with Gasteiger partial charge < -0.3 is 31.2 Å². The summed E-state index contributed by atoms with van der Waals surface area (Å²) < 4.78 is 11.8. The van der Waals surface area contributed by atoms with E-state index in [1.807, 2.05) is 20.8 Å². The van der Waals surface area contributed by atoms with Gasteiger partial charge >= 0.3 is 18.0 Å². The molecule has 1 aromatic heterocycles. The zero-order valence-electron chi connectivity index (χ0n) is 20.4. The Kier molecular flexibility index (Phi) is 7.81. The number of nitrogens with two attached hydrogens (primary N) is 2. The van der Waals surface area contributed by atoms with E-state index >= 15 is 0 Å². The van der Waals surface area contributed by atoms with E-state index in [1.54, 1.807) is 24.3 Å². The Labute approximate surface area is 203 Å². The Bertz CT molecular complexity index is 1120. The van der Waals surface area contributed by atoms with Gasteiger partial charge in [-0.05, 0) is 33.3 Å². The normalized spacial score (nSPS) is 18.9. The summed E-state index contributed by atoms with van der Waals surface area (Å²) in [5.41, 5.74) is 12.0. The number of ether oxygens (including phenoxy) is 2. The summed E-state index contributed by atoms with van der Waals surface area (Å²) in [5, 5.41) is 3.40. The minimum atomic E-state index is -0.809. The molecule has 0 bridgehead atoms. The maximum absolute atomic E-state index is 13.2. The van der Waals surface area contributed by atoms with E-state index < -0.39 is 41.6 Å². The third kappa shape index (κ3) is 6.17. The van der Waals surface area contributed by atoms with Crippen LogP contribution in [-0.2, 0) is 19.1 Å². The Balaban J connectivity index is 1.77. The molecule has 1 fully saturated rings. The standard InChI is InChI=1S/C24H33N5O6/c1-24(2,3)35-13-14(21(31)34-4)9-20(30)19-10-15(25)11-29(19)23(33)27-17-12-28(22(26)32)18-8-6-5-7-16(17)18/h5-8,12,14-15,19H,9-11,13,25H2,1-4H3,(H2,26,32)(H,27,33)/t14-,15-,19-/m0/s1. The van der Waals surface area contributed by atoms with Gasteiger partial charge in [-0.15, -0.1) is 0 Å². The lowest BCUT2D eigenvalue weighted by atomic mass is 9.97. The largest absolute Gasteiger partial charge is 0.469 e. The number of aromatic nitrogens is 1. The molecular weight excluding hydrogens is 454 g/mol. The van der Waals surface area contributed by atoms with Gasteiger partial charge in [0.15, 0.2) is 5.78 Å². The average molecular weight is 488 g/mol. The van der Waals surface area contributed by atoms with Gasteiger partial charge in [0.1, 0.15) is 0 Å². The number of anilines is 1. The number of methoxy groups -OCH3 is 1. The van der Waals surface area contributed by atoms with Gasteiger partial charge in [0.05, 0.1) is 42.5 Å². The number of nitrogens with one attached hydrogen (secondary N) is 1. The summed E-state index contributed by atoms with van der Waals surface area (Å²) in [6, 6.07) is 4.55. The molecule has 1 aliphatic heterocycles. The molecule has 35 heavy (non-hydrogen) atoms. The number of ketones is 1. The van der Waals surface area contributed by atoms with Crippen LogP contribution in [-0.4, -0.2) is 71.2 Å². The first-order valence-electron chi connectivity index (χ1n) is 11.4. The average Bonchev–Trinajstić information content (AvgIpc) is 3.36. The highest BCUT2D eigenvalue weighted by Crippen LogP contribution is 2.28. The van der Waals surface area contributed by atoms with Crippen molar-refractivity contribution in [2.24, 2.45) is 17.4 Å². The van der Waals surface area contributed by atoms with E-state index in [1.165, 1.54) is 22.8 Å². The van der Waals surface area contributed by atoms with Crippen LogP contribution in [0.1, 0.15) is 33.6 Å². The van der Waals surface area contributed by atoms with Crippen molar-refractivity contribution in [3.63, 3.8) is 0 Å². The SMILES string of the molecule is COC(=O)[C@H](COC(C)(C)C)CC(=O)[C@@H]1C[C@H](N)CN1C(=O)Nc1cn(C(N)=O)c2ccccc12. The van der Waals surface area contributed by atoms with Crippen LogP contribution >= 0.6 is 0 Å². The Morgan fingerprint density at radius 3 is 2.51 bits per heavy atom. The van der Waals surface area contributed by atoms with Crippen molar-refractivity contribution < 1.29 is 28.7 Å². The molecule has 0 spiro atoms. The van der Waals surface area contributed by atoms with Gasteiger partial charge in [-0.25, -0.2) is 9.59 Å². The van der Waals surface area contributed by atoms with Crippen LogP contribution in [0.5, 0.6) is 0 Å². The quantitative estimate of drug-likeness (QED) is 0.504. The lowest BCUT2D eigenvalue weighted by Crippen LogP contribution is -2.44. The second-order valence-corrected chi connectivity index (χ2v) is 9.68. The number of esters is 1. The van der Waals surface area contributed by atoms with Crippen molar-refractivity contribution >= 4 is 40.4 Å². The van der Waals surface area contributed by atoms with E-state index in [9.17, 15) is 19.2 Å². The first-order chi connectivity index (χ1) is 16.4. The summed E-state index contributed by atoms with van der Waals surface area (Å²) in [4.78, 5) is 51.8. The zero-order chi connectivity index (χ0) is 25.9. The number of amides is 3. The number of hydrogen-bond acceptors (Lipinski definition) is 7. The van der Waals surface area contributed by atoms with E-state index in [0.717, 1.165) is 0 Å². The molecule has 0 saturated carbocycles. The number of carbonyl (C=O) groups is 4. The van der Waals surface area contributed by atoms with Gasteiger partial charge in [-0.1, -0.05) is 18.2 Å². The molecule has 0 aliphatic carbocycles. The monoisotopic (exact) mass is 487 g/mol. The first-order valence-corrected chi connectivity index (χ1v) is 11.4. The zero-order valence-corrected chi connectivity index (χ0v) is 20.4. The number of carbonyl (C=O) groups excluding carboxylic acids is 4. The fourth-order valence-electron chi connectivity index (χ4n) is 4.15. The molecule has 1 aromatic carbocycles. The van der Waals surface area contributed by atoms with Gasteiger partial charge in [0.25, 0.3) is 0 Å². The molecule has 11 heteroatoms. The molecule has 2 aromatic rings. The molecular formula is C24H33N5O6. The van der Waals surface area contributed by atoms with Gasteiger partial charge in [0.2, 0.25) is 0 Å². The van der Waals surface area contributed by atoms with Crippen LogP contribution < -0.4 is 16.8 Å². The molecule has 1 saturated heterocycles. The minimum absolute atomic E-state index is 0.0134. The summed E-state index contributed by atoms with van der Waals surface area (Å²) in [6.45, 7) is 5.72. The van der Waals surface area contributed by atoms with Gasteiger partial charge in [-0.2, -0.15) is 0 Å². The van der Waals surface area contributed by atoms with Crippen molar-refractivity contribution in [1.82, 2.24) is 9.47 Å². The molecule has 3 rings (SSSR count). The highest BCUT2D eigenvalue weighted by Gasteiger charge is 2.40. The van der Waals surface area contributed by atoms with E-state index in [0.29, 0.717) is 16.6 Å². The maximum atomic E-state index is 13.2. The lowest BCUT2D eigenvalue weighted by Gasteiger charge is -2.26. The van der Waals surface area contributed by atoms with Crippen LogP contribution in [0.25, 0.3) is 10.9 Å². The van der Waals surface area contributed by atoms with Crippen molar-refractivity contribution in [2.45, 2.75) is 51.3 Å². The highest BCUT2D eigenvalue weighted by molar-refractivity contribution is 6.05. The Hall–Kier alpha value is -3.44. The van der Waals surface area contributed by atoms with Crippen molar-refractivity contribution in [2.75, 3.05) is 25.6 Å². The number of fused-ring (bicyclic) bond motifs is 1. The van der Waals surface area contributed by atoms with Gasteiger partial charge in [0, 0.05) is 30.6 Å². The molecule has 0 unspecified atom stereocenters. The summed E-state index contributed by atoms with van der Waals surface area (Å²) in [6.07, 6.45) is 1.56. The third-order valence-corrected chi connectivity index (χ3v) is 5.86. The minimum Gasteiger partial charge on any atom is -0.469 e. The topological polar surface area (TPSA) is 159 Å². The number of nitrogens with zero attached hydrogens (tertiary/aromatic N) is 2. The van der Waals surface area contributed by atoms with E-state index in [2.05, 4.69) is 5.32 Å². The van der Waals surface area contributed by atoms with Crippen LogP contribution in [0.4, 0.5) is 15.3 Å². The second kappa shape index (κ2) is 10.4. The summed E-state index contributed by atoms with van der Waals surface area (Å²) >= 11 is 0. The molecule has 0 radical (unpaired) electrons. The maximum Gasteiger partial charge on any atom is 0.323 e. The van der Waals surface area contributed by atoms with Crippen molar-refractivity contribution in [3.05, 3.63) is 30.5 Å². The van der Waals surface area contributed by atoms with Crippen LogP contribution in [0.3, 0.4) is 0 Å². The van der Waals surface area contributed by atoms with Crippen molar-refractivity contribution in [1.29, 1.82) is 0 Å². The molecule has 5 N–H and O–H groups in total. The molecule has 2 heterocycles. The van der Waals surface area contributed by atoms with Crippen LogP contribution in [0, 0.1) is 5.92 Å². The fourth-order valence-corrected chi connectivity index (χ4v) is 4.15. The number of hydrogen-bond donors (Lipinski definition) is 3. The van der Waals surface area contributed by atoms with Crippen LogP contribution in [0.15, 0.2) is 30.5 Å². The molecule has 190 valence electrons. The summed E-state index contributed by atoms with van der Waals surface area (Å²) in [7, 11) is 1.25. The predicted octanol–water partition coefficient (Wildman–Crippen LogP) is 2.07. The van der Waals surface area contributed by atoms with E-state index in [4.69, 9.17) is 20.9 Å². The van der Waals surface area contributed by atoms with Crippen LogP contribution in [0.2, 0.25) is 0 Å². The number of benzene rings is 1. The second-order valence-electron chi connectivity index (χ2n) is 9.68. The number of urea groups is 1. The van der Waals surface area contributed by atoms with Crippen molar-refractivity contribution in [3.8, 4) is 0 Å². The third-order valence-electron chi connectivity index (χ3n) is 5.86. The van der Waals surface area contributed by atoms with E-state index in [-0.39, 0.29) is 31.8 Å². The number of primary amides is 1. The Morgan fingerprint density at radius 1 is 1.20 bits per heavy atom. The molecule has 11 nitrogen and oxygen atoms in total. The number of Topliss-reactive ketones (excluding diaryl/α,β-unsaturated/α-hetero) is 1. The number of para-hydroxylation sites is 1. The molecule has 3 amide bonds. The number of likely N-dealkylation sites (tertiary alicyclic amines) is 1. The lowest BCUT2D eigenvalue weighted by molar-refractivity contribution is -0.152. The predicted molar refractivity (Wildman–Crippen MR) is 130 cm³/mol. The molecule has 1 aliphatic rings. The highest BCUT2D eigenvalue weighted by atomic mass is 16.5. The summed E-state index contributed by atoms with van der Waals surface area (Å²) in [5.74, 6) is -1.66. The Morgan fingerprint density at radius 2 is 1.89 bits per heavy atom. The molecule has 3 atom stereocenters. The smallest absolute Gasteiger partial charge is 0.323 e. The first kappa shape index (κ1) is 26.2. The number of rotatable bonds is 7.